The largest absolute Gasteiger partial charge is 0.365 e. The van der Waals surface area contributed by atoms with Gasteiger partial charge >= 0.3 is 0 Å². The van der Waals surface area contributed by atoms with Gasteiger partial charge in [-0.15, -0.1) is 0 Å². The van der Waals surface area contributed by atoms with E-state index in [-0.39, 0.29) is 18.4 Å². The summed E-state index contributed by atoms with van der Waals surface area (Å²) in [5.74, 6) is -0.398. The number of amides is 2. The van der Waals surface area contributed by atoms with Gasteiger partial charge in [-0.25, -0.2) is 0 Å². The molecule has 2 N–H and O–H groups in total. The van der Waals surface area contributed by atoms with E-state index in [1.54, 1.807) is 11.8 Å². The van der Waals surface area contributed by atoms with Gasteiger partial charge in [-0.05, 0) is 44.5 Å². The minimum atomic E-state index is -0.714. The molecule has 1 unspecified atom stereocenters. The number of nitrogens with one attached hydrogen (secondary N) is 2. The van der Waals surface area contributed by atoms with E-state index in [9.17, 15) is 9.59 Å². The third-order valence-electron chi connectivity index (χ3n) is 5.78. The Morgan fingerprint density at radius 1 is 1.28 bits per heavy atom. The van der Waals surface area contributed by atoms with Gasteiger partial charge in [0, 0.05) is 41.6 Å². The third-order valence-corrected chi connectivity index (χ3v) is 5.78. The molecule has 0 aliphatic carbocycles. The highest BCUT2D eigenvalue weighted by Crippen LogP contribution is 2.27. The van der Waals surface area contributed by atoms with Gasteiger partial charge in [-0.1, -0.05) is 0 Å². The first-order valence-electron chi connectivity index (χ1n) is 9.64. The molecule has 1 aliphatic heterocycles. The number of morpholine rings is 1. The molecule has 29 heavy (non-hydrogen) atoms. The number of fused-ring (bicyclic) bond motifs is 1. The van der Waals surface area contributed by atoms with E-state index >= 15 is 0 Å². The van der Waals surface area contributed by atoms with Crippen molar-refractivity contribution >= 4 is 28.4 Å². The average Bonchev–Trinajstić information content (AvgIpc) is 3.25. The summed E-state index contributed by atoms with van der Waals surface area (Å²) >= 11 is 0. The number of carbonyl (C=O) groups excluding carboxylic acids is 2. The number of H-pyrrole nitrogens is 1. The summed E-state index contributed by atoms with van der Waals surface area (Å²) in [4.78, 5) is 27.1. The Morgan fingerprint density at radius 3 is 2.79 bits per heavy atom. The highest BCUT2D eigenvalue weighted by molar-refractivity contribution is 5.99. The number of carbonyl (C=O) groups is 2. The molecule has 1 fully saturated rings. The van der Waals surface area contributed by atoms with E-state index in [1.165, 1.54) is 17.5 Å². The lowest BCUT2D eigenvalue weighted by molar-refractivity contribution is -0.131. The topological polar surface area (TPSA) is 92.2 Å². The van der Waals surface area contributed by atoms with Crippen molar-refractivity contribution in [2.45, 2.75) is 26.9 Å². The zero-order valence-corrected chi connectivity index (χ0v) is 17.1. The lowest BCUT2D eigenvalue weighted by atomic mass is 10.1. The van der Waals surface area contributed by atoms with Crippen molar-refractivity contribution < 1.29 is 14.3 Å². The highest BCUT2D eigenvalue weighted by Gasteiger charge is 2.30. The van der Waals surface area contributed by atoms with Crippen molar-refractivity contribution in [1.29, 1.82) is 0 Å². The van der Waals surface area contributed by atoms with Crippen LogP contribution >= 0.6 is 0 Å². The Labute approximate surface area is 168 Å². The molecular weight excluding hydrogens is 370 g/mol. The SMILES string of the molecule is Cc1[nH]ncc1C(=O)N1CCOC(C(=O)Nc2ccc3c(c2)c(C)c(C)n3C)C1. The molecule has 0 spiro atoms. The molecule has 2 amide bonds. The maximum absolute atomic E-state index is 12.8. The zero-order valence-electron chi connectivity index (χ0n) is 17.1. The molecule has 0 bridgehead atoms. The molecule has 3 aromatic rings. The maximum atomic E-state index is 12.8. The summed E-state index contributed by atoms with van der Waals surface area (Å²) < 4.78 is 7.78. The Balaban J connectivity index is 1.48. The number of anilines is 1. The summed E-state index contributed by atoms with van der Waals surface area (Å²) in [5.41, 5.74) is 5.46. The highest BCUT2D eigenvalue weighted by atomic mass is 16.5. The smallest absolute Gasteiger partial charge is 0.257 e. The van der Waals surface area contributed by atoms with E-state index in [0.29, 0.717) is 30.1 Å². The minimum Gasteiger partial charge on any atom is -0.365 e. The van der Waals surface area contributed by atoms with E-state index in [4.69, 9.17) is 4.74 Å². The predicted octanol–water partition coefficient (Wildman–Crippen LogP) is 2.31. The Hall–Kier alpha value is -3.13. The van der Waals surface area contributed by atoms with Crippen LogP contribution in [-0.4, -0.2) is 57.3 Å². The number of benzene rings is 1. The number of rotatable bonds is 3. The summed E-state index contributed by atoms with van der Waals surface area (Å²) in [6.45, 7) is 6.93. The Morgan fingerprint density at radius 2 is 2.07 bits per heavy atom. The normalized spacial score (nSPS) is 17.0. The molecule has 8 heteroatoms. The van der Waals surface area contributed by atoms with Crippen molar-refractivity contribution in [1.82, 2.24) is 19.7 Å². The molecule has 4 rings (SSSR count). The fraction of sp³-hybridized carbons (Fsp3) is 0.381. The number of aromatic nitrogens is 3. The van der Waals surface area contributed by atoms with E-state index in [1.807, 2.05) is 25.2 Å². The summed E-state index contributed by atoms with van der Waals surface area (Å²) in [5, 5.41) is 10.7. The van der Waals surface area contributed by atoms with E-state index in [2.05, 4.69) is 33.9 Å². The van der Waals surface area contributed by atoms with Crippen LogP contribution in [0, 0.1) is 20.8 Å². The Kier molecular flexibility index (Phi) is 4.87. The second-order valence-corrected chi connectivity index (χ2v) is 7.51. The molecule has 152 valence electrons. The standard InChI is InChI=1S/C21H25N5O3/c1-12-14(3)25(4)18-6-5-15(9-16(12)18)23-20(27)19-11-26(7-8-29-19)21(28)17-10-22-24-13(17)2/h5-6,9-10,19H,7-8,11H2,1-4H3,(H,22,24)(H,23,27). The van der Waals surface area contributed by atoms with Crippen LogP contribution in [0.1, 0.15) is 27.3 Å². The second-order valence-electron chi connectivity index (χ2n) is 7.51. The van der Waals surface area contributed by atoms with E-state index < -0.39 is 6.10 Å². The predicted molar refractivity (Wildman–Crippen MR) is 110 cm³/mol. The summed E-state index contributed by atoms with van der Waals surface area (Å²) in [6.07, 6.45) is 0.802. The molecule has 1 atom stereocenters. The van der Waals surface area contributed by atoms with Crippen LogP contribution in [0.2, 0.25) is 0 Å². The molecule has 0 saturated carbocycles. The first-order valence-corrected chi connectivity index (χ1v) is 9.64. The van der Waals surface area contributed by atoms with Crippen molar-refractivity contribution in [3.05, 3.63) is 46.9 Å². The number of nitrogens with zero attached hydrogens (tertiary/aromatic N) is 3. The Bertz CT molecular complexity index is 1100. The first-order chi connectivity index (χ1) is 13.9. The van der Waals surface area contributed by atoms with Gasteiger partial charge in [0.25, 0.3) is 11.8 Å². The van der Waals surface area contributed by atoms with Crippen LogP contribution in [0.25, 0.3) is 10.9 Å². The lowest BCUT2D eigenvalue weighted by Crippen LogP contribution is -2.50. The van der Waals surface area contributed by atoms with Crippen LogP contribution in [0.5, 0.6) is 0 Å². The third kappa shape index (κ3) is 3.40. The monoisotopic (exact) mass is 395 g/mol. The first kappa shape index (κ1) is 19.2. The molecule has 0 radical (unpaired) electrons. The molecular formula is C21H25N5O3. The summed E-state index contributed by atoms with van der Waals surface area (Å²) in [7, 11) is 2.03. The lowest BCUT2D eigenvalue weighted by Gasteiger charge is -2.32. The number of ether oxygens (including phenoxy) is 1. The van der Waals surface area contributed by atoms with Crippen LogP contribution in [0.15, 0.2) is 24.4 Å². The molecule has 1 saturated heterocycles. The molecule has 2 aromatic heterocycles. The van der Waals surface area contributed by atoms with Crippen LogP contribution in [-0.2, 0) is 16.6 Å². The van der Waals surface area contributed by atoms with Crippen molar-refractivity contribution in [2.24, 2.45) is 7.05 Å². The molecule has 1 aromatic carbocycles. The van der Waals surface area contributed by atoms with Gasteiger partial charge in [0.05, 0.1) is 24.9 Å². The van der Waals surface area contributed by atoms with Crippen LogP contribution in [0.3, 0.4) is 0 Å². The van der Waals surface area contributed by atoms with Crippen molar-refractivity contribution in [3.63, 3.8) is 0 Å². The maximum Gasteiger partial charge on any atom is 0.257 e. The quantitative estimate of drug-likeness (QED) is 0.712. The number of hydrogen-bond donors (Lipinski definition) is 2. The van der Waals surface area contributed by atoms with Crippen LogP contribution in [0.4, 0.5) is 5.69 Å². The van der Waals surface area contributed by atoms with Crippen molar-refractivity contribution in [2.75, 3.05) is 25.0 Å². The average molecular weight is 395 g/mol. The van der Waals surface area contributed by atoms with Gasteiger partial charge in [-0.2, -0.15) is 5.10 Å². The van der Waals surface area contributed by atoms with Gasteiger partial charge in [-0.3, -0.25) is 14.7 Å². The van der Waals surface area contributed by atoms with Crippen molar-refractivity contribution in [3.8, 4) is 0 Å². The van der Waals surface area contributed by atoms with E-state index in [0.717, 1.165) is 10.9 Å². The minimum absolute atomic E-state index is 0.144. The molecule has 3 heterocycles. The van der Waals surface area contributed by atoms with Crippen LogP contribution < -0.4 is 5.32 Å². The number of hydrogen-bond acceptors (Lipinski definition) is 4. The number of aromatic amines is 1. The van der Waals surface area contributed by atoms with Gasteiger partial charge in [0.2, 0.25) is 0 Å². The summed E-state index contributed by atoms with van der Waals surface area (Å²) in [6, 6.07) is 5.88. The zero-order chi connectivity index (χ0) is 20.7. The van der Waals surface area contributed by atoms with Gasteiger partial charge in [0.1, 0.15) is 0 Å². The number of aryl methyl sites for hydroxylation is 3. The molecule has 1 aliphatic rings. The second kappa shape index (κ2) is 7.36. The van der Waals surface area contributed by atoms with Gasteiger partial charge < -0.3 is 19.5 Å². The fourth-order valence-corrected chi connectivity index (χ4v) is 3.79. The van der Waals surface area contributed by atoms with Gasteiger partial charge in [0.15, 0.2) is 6.10 Å². The fourth-order valence-electron chi connectivity index (χ4n) is 3.79. The molecule has 8 nitrogen and oxygen atoms in total.